The number of benzene rings is 1. The highest BCUT2D eigenvalue weighted by Gasteiger charge is 2.33. The average Bonchev–Trinajstić information content (AvgIpc) is 2.73. The normalized spacial score (nSPS) is 19.8. The largest absolute Gasteiger partial charge is 0.447 e. The summed E-state index contributed by atoms with van der Waals surface area (Å²) in [5.41, 5.74) is 1.14. The fourth-order valence-corrected chi connectivity index (χ4v) is 2.09. The number of cyclic esters (lactones) is 1. The topological polar surface area (TPSA) is 29.5 Å². The molecule has 0 unspecified atom stereocenters. The number of ether oxygens (including phenoxy) is 1. The monoisotopic (exact) mass is 245 g/mol. The van der Waals surface area contributed by atoms with Crippen molar-refractivity contribution in [2.24, 2.45) is 5.92 Å². The van der Waals surface area contributed by atoms with Crippen LogP contribution in [-0.4, -0.2) is 30.2 Å². The first-order chi connectivity index (χ1) is 8.68. The van der Waals surface area contributed by atoms with Crippen molar-refractivity contribution in [3.05, 3.63) is 42.0 Å². The Morgan fingerprint density at radius 3 is 2.78 bits per heavy atom. The van der Waals surface area contributed by atoms with Crippen LogP contribution < -0.4 is 0 Å². The predicted molar refractivity (Wildman–Crippen MR) is 72.2 cm³/mol. The van der Waals surface area contributed by atoms with Crippen LogP contribution in [0.4, 0.5) is 4.79 Å². The molecule has 0 bridgehead atoms. The number of carbonyl (C=O) groups is 1. The Morgan fingerprint density at radius 1 is 1.39 bits per heavy atom. The van der Waals surface area contributed by atoms with Crippen molar-refractivity contribution in [3.8, 4) is 0 Å². The van der Waals surface area contributed by atoms with Crippen LogP contribution in [0.2, 0.25) is 0 Å². The smallest absolute Gasteiger partial charge is 0.410 e. The summed E-state index contributed by atoms with van der Waals surface area (Å²) < 4.78 is 5.10. The third kappa shape index (κ3) is 2.92. The zero-order valence-corrected chi connectivity index (χ0v) is 10.9. The zero-order chi connectivity index (χ0) is 13.0. The number of nitrogens with zero attached hydrogens (tertiary/aromatic N) is 1. The zero-order valence-electron chi connectivity index (χ0n) is 10.9. The fraction of sp³-hybridized carbons (Fsp3) is 0.400. The van der Waals surface area contributed by atoms with E-state index < -0.39 is 0 Å². The van der Waals surface area contributed by atoms with Crippen LogP contribution in [-0.2, 0) is 4.74 Å². The van der Waals surface area contributed by atoms with E-state index in [2.05, 4.69) is 13.8 Å². The van der Waals surface area contributed by atoms with Crippen molar-refractivity contribution >= 4 is 12.2 Å². The quantitative estimate of drug-likeness (QED) is 0.815. The van der Waals surface area contributed by atoms with Crippen LogP contribution in [0.5, 0.6) is 0 Å². The molecule has 0 radical (unpaired) electrons. The van der Waals surface area contributed by atoms with Gasteiger partial charge in [-0.3, -0.25) is 4.90 Å². The van der Waals surface area contributed by atoms with Gasteiger partial charge < -0.3 is 4.74 Å². The lowest BCUT2D eigenvalue weighted by Gasteiger charge is -2.22. The summed E-state index contributed by atoms with van der Waals surface area (Å²) >= 11 is 0. The second-order valence-electron chi connectivity index (χ2n) is 4.85. The Hall–Kier alpha value is -1.77. The van der Waals surface area contributed by atoms with E-state index in [1.54, 1.807) is 4.90 Å². The van der Waals surface area contributed by atoms with Gasteiger partial charge in [0.2, 0.25) is 0 Å². The van der Waals surface area contributed by atoms with Crippen molar-refractivity contribution in [2.75, 3.05) is 13.2 Å². The van der Waals surface area contributed by atoms with Crippen LogP contribution in [0.3, 0.4) is 0 Å². The lowest BCUT2D eigenvalue weighted by molar-refractivity contribution is 0.160. The molecule has 1 aromatic rings. The SMILES string of the molecule is CC(C)[C@@H]1COC(=O)N1C/C=C/c1ccccc1. The van der Waals surface area contributed by atoms with Gasteiger partial charge in [-0.2, -0.15) is 0 Å². The van der Waals surface area contributed by atoms with E-state index in [1.165, 1.54) is 0 Å². The molecule has 96 valence electrons. The van der Waals surface area contributed by atoms with Crippen molar-refractivity contribution in [1.82, 2.24) is 4.90 Å². The summed E-state index contributed by atoms with van der Waals surface area (Å²) in [6.07, 6.45) is 3.84. The summed E-state index contributed by atoms with van der Waals surface area (Å²) in [7, 11) is 0. The summed E-state index contributed by atoms with van der Waals surface area (Å²) in [6, 6.07) is 10.3. The molecule has 18 heavy (non-hydrogen) atoms. The number of rotatable bonds is 4. The third-order valence-corrected chi connectivity index (χ3v) is 3.19. The summed E-state index contributed by atoms with van der Waals surface area (Å²) in [5, 5.41) is 0. The molecule has 2 rings (SSSR count). The minimum absolute atomic E-state index is 0.193. The lowest BCUT2D eigenvalue weighted by atomic mass is 10.0. The van der Waals surface area contributed by atoms with Gasteiger partial charge in [0, 0.05) is 6.54 Å². The number of hydrogen-bond donors (Lipinski definition) is 0. The van der Waals surface area contributed by atoms with Crippen molar-refractivity contribution in [2.45, 2.75) is 19.9 Å². The summed E-state index contributed by atoms with van der Waals surface area (Å²) in [5.74, 6) is 0.418. The van der Waals surface area contributed by atoms with E-state index in [9.17, 15) is 4.79 Å². The molecule has 1 atom stereocenters. The Kier molecular flexibility index (Phi) is 4.03. The maximum atomic E-state index is 11.6. The number of amides is 1. The minimum Gasteiger partial charge on any atom is -0.447 e. The second kappa shape index (κ2) is 5.71. The molecule has 1 saturated heterocycles. The van der Waals surface area contributed by atoms with Gasteiger partial charge in [-0.25, -0.2) is 4.79 Å². The predicted octanol–water partition coefficient (Wildman–Crippen LogP) is 3.18. The van der Waals surface area contributed by atoms with Gasteiger partial charge in [0.25, 0.3) is 0 Å². The first kappa shape index (κ1) is 12.7. The van der Waals surface area contributed by atoms with Gasteiger partial charge in [0.05, 0.1) is 6.04 Å². The molecule has 1 aliphatic heterocycles. The molecule has 0 saturated carbocycles. The Labute approximate surface area is 108 Å². The van der Waals surface area contributed by atoms with Gasteiger partial charge in [0.1, 0.15) is 6.61 Å². The van der Waals surface area contributed by atoms with E-state index in [0.717, 1.165) is 5.56 Å². The highest BCUT2D eigenvalue weighted by molar-refractivity contribution is 5.70. The molecule has 0 spiro atoms. The summed E-state index contributed by atoms with van der Waals surface area (Å²) in [4.78, 5) is 13.4. The first-order valence-corrected chi connectivity index (χ1v) is 6.33. The van der Waals surface area contributed by atoms with Gasteiger partial charge >= 0.3 is 6.09 Å². The van der Waals surface area contributed by atoms with E-state index in [4.69, 9.17) is 4.74 Å². The van der Waals surface area contributed by atoms with Crippen molar-refractivity contribution in [3.63, 3.8) is 0 Å². The highest BCUT2D eigenvalue weighted by atomic mass is 16.6. The third-order valence-electron chi connectivity index (χ3n) is 3.19. The Balaban J connectivity index is 1.96. The average molecular weight is 245 g/mol. The van der Waals surface area contributed by atoms with Gasteiger partial charge in [0.15, 0.2) is 0 Å². The van der Waals surface area contributed by atoms with Crippen LogP contribution in [0.1, 0.15) is 19.4 Å². The van der Waals surface area contributed by atoms with Crippen molar-refractivity contribution in [1.29, 1.82) is 0 Å². The Bertz CT molecular complexity index is 425. The highest BCUT2D eigenvalue weighted by Crippen LogP contribution is 2.19. The van der Waals surface area contributed by atoms with E-state index in [0.29, 0.717) is 19.1 Å². The molecular formula is C15H19NO2. The standard InChI is InChI=1S/C15H19NO2/c1-12(2)14-11-18-15(17)16(14)10-6-9-13-7-4-3-5-8-13/h3-9,12,14H,10-11H2,1-2H3/b9-6+/t14-/m0/s1. The number of carbonyl (C=O) groups excluding carboxylic acids is 1. The van der Waals surface area contributed by atoms with Crippen molar-refractivity contribution < 1.29 is 9.53 Å². The maximum Gasteiger partial charge on any atom is 0.410 e. The van der Waals surface area contributed by atoms with E-state index in [-0.39, 0.29) is 12.1 Å². The molecule has 3 nitrogen and oxygen atoms in total. The van der Waals surface area contributed by atoms with Gasteiger partial charge in [-0.15, -0.1) is 0 Å². The molecule has 1 amide bonds. The van der Waals surface area contributed by atoms with Crippen LogP contribution >= 0.6 is 0 Å². The molecule has 0 aliphatic carbocycles. The van der Waals surface area contributed by atoms with Crippen LogP contribution in [0.25, 0.3) is 6.08 Å². The molecule has 1 fully saturated rings. The van der Waals surface area contributed by atoms with Gasteiger partial charge in [-0.05, 0) is 11.5 Å². The van der Waals surface area contributed by atoms with E-state index in [1.807, 2.05) is 42.5 Å². The lowest BCUT2D eigenvalue weighted by Crippen LogP contribution is -2.37. The minimum atomic E-state index is -0.202. The second-order valence-corrected chi connectivity index (χ2v) is 4.85. The molecule has 0 aromatic heterocycles. The molecule has 3 heteroatoms. The molecular weight excluding hydrogens is 226 g/mol. The molecule has 1 aromatic carbocycles. The molecule has 1 heterocycles. The van der Waals surface area contributed by atoms with Crippen LogP contribution in [0.15, 0.2) is 36.4 Å². The molecule has 1 aliphatic rings. The van der Waals surface area contributed by atoms with Gasteiger partial charge in [-0.1, -0.05) is 56.3 Å². The first-order valence-electron chi connectivity index (χ1n) is 6.33. The fourth-order valence-electron chi connectivity index (χ4n) is 2.09. The maximum absolute atomic E-state index is 11.6. The number of hydrogen-bond acceptors (Lipinski definition) is 2. The Morgan fingerprint density at radius 2 is 2.11 bits per heavy atom. The van der Waals surface area contributed by atoms with Crippen LogP contribution in [0, 0.1) is 5.92 Å². The molecule has 0 N–H and O–H groups in total. The summed E-state index contributed by atoms with van der Waals surface area (Å²) in [6.45, 7) is 5.34. The van der Waals surface area contributed by atoms with E-state index >= 15 is 0 Å².